The molecule has 0 unspecified atom stereocenters. The van der Waals surface area contributed by atoms with Crippen LogP contribution in [0.1, 0.15) is 13.8 Å². The maximum atomic E-state index is 5.95. The molecule has 0 saturated carbocycles. The van der Waals surface area contributed by atoms with E-state index < -0.39 is 0 Å². The minimum Gasteiger partial charge on any atom is -0.382 e. The fourth-order valence-corrected chi connectivity index (χ4v) is 2.33. The first-order chi connectivity index (χ1) is 9.66. The highest BCUT2D eigenvalue weighted by Gasteiger charge is 2.16. The third-order valence-corrected chi connectivity index (χ3v) is 3.14. The number of benzene rings is 1. The van der Waals surface area contributed by atoms with Crippen molar-refractivity contribution in [2.45, 2.75) is 20.4 Å². The number of para-hydroxylation sites is 2. The minimum absolute atomic E-state index is 0.410. The largest absolute Gasteiger partial charge is 0.382 e. The topological polar surface area (TPSA) is 69.6 Å². The van der Waals surface area contributed by atoms with E-state index in [0.717, 1.165) is 23.4 Å². The molecular formula is C15H17N5. The third-order valence-electron chi connectivity index (χ3n) is 3.14. The summed E-state index contributed by atoms with van der Waals surface area (Å²) < 4.78 is 2.17. The summed E-state index contributed by atoms with van der Waals surface area (Å²) in [6, 6.07) is 8.08. The lowest BCUT2D eigenvalue weighted by atomic mass is 10.2. The molecule has 5 nitrogen and oxygen atoms in total. The number of nitrogen functional groups attached to an aromatic ring is 1. The maximum Gasteiger partial charge on any atom is 0.163 e. The standard InChI is InChI=1S/C15H17N5/c1-10(2)9-20-12-6-4-3-5-11(12)19-15(20)13-14(16)18-8-7-17-13/h3-8,10H,9H2,1-2H3,(H2,16,18). The Labute approximate surface area is 117 Å². The molecule has 0 saturated heterocycles. The van der Waals surface area contributed by atoms with Crippen LogP contribution in [0.5, 0.6) is 0 Å². The lowest BCUT2D eigenvalue weighted by Gasteiger charge is -2.11. The van der Waals surface area contributed by atoms with E-state index in [2.05, 4.69) is 39.4 Å². The molecular weight excluding hydrogens is 250 g/mol. The van der Waals surface area contributed by atoms with Gasteiger partial charge in [-0.1, -0.05) is 26.0 Å². The molecule has 0 aliphatic rings. The summed E-state index contributed by atoms with van der Waals surface area (Å²) in [7, 11) is 0. The highest BCUT2D eigenvalue weighted by molar-refractivity contribution is 5.81. The molecule has 102 valence electrons. The summed E-state index contributed by atoms with van der Waals surface area (Å²) in [6.07, 6.45) is 3.24. The van der Waals surface area contributed by atoms with Gasteiger partial charge in [-0.15, -0.1) is 0 Å². The predicted octanol–water partition coefficient (Wildman–Crippen LogP) is 2.73. The number of rotatable bonds is 3. The van der Waals surface area contributed by atoms with Crippen molar-refractivity contribution in [1.82, 2.24) is 19.5 Å². The molecule has 0 bridgehead atoms. The number of fused-ring (bicyclic) bond motifs is 1. The molecule has 0 spiro atoms. The Morgan fingerprint density at radius 2 is 1.90 bits per heavy atom. The summed E-state index contributed by atoms with van der Waals surface area (Å²) in [4.78, 5) is 13.1. The molecule has 5 heteroatoms. The van der Waals surface area contributed by atoms with Crippen LogP contribution in [0.25, 0.3) is 22.6 Å². The second kappa shape index (κ2) is 4.92. The van der Waals surface area contributed by atoms with Crippen LogP contribution in [-0.2, 0) is 6.54 Å². The van der Waals surface area contributed by atoms with Gasteiger partial charge in [0.15, 0.2) is 11.6 Å². The zero-order chi connectivity index (χ0) is 14.1. The van der Waals surface area contributed by atoms with Crippen LogP contribution in [0.2, 0.25) is 0 Å². The molecule has 2 N–H and O–H groups in total. The lowest BCUT2D eigenvalue weighted by molar-refractivity contribution is 0.536. The first-order valence-corrected chi connectivity index (χ1v) is 6.69. The van der Waals surface area contributed by atoms with Crippen LogP contribution in [0, 0.1) is 5.92 Å². The van der Waals surface area contributed by atoms with E-state index in [1.807, 2.05) is 18.2 Å². The molecule has 2 aromatic heterocycles. The molecule has 0 amide bonds. The number of aromatic nitrogens is 4. The van der Waals surface area contributed by atoms with Gasteiger partial charge in [0, 0.05) is 18.9 Å². The Bertz CT molecular complexity index is 745. The zero-order valence-corrected chi connectivity index (χ0v) is 11.6. The van der Waals surface area contributed by atoms with E-state index in [0.29, 0.717) is 17.4 Å². The number of nitrogens with zero attached hydrogens (tertiary/aromatic N) is 4. The minimum atomic E-state index is 0.410. The van der Waals surface area contributed by atoms with Crippen molar-refractivity contribution < 1.29 is 0 Å². The molecule has 20 heavy (non-hydrogen) atoms. The van der Waals surface area contributed by atoms with Gasteiger partial charge in [-0.25, -0.2) is 15.0 Å². The van der Waals surface area contributed by atoms with E-state index >= 15 is 0 Å². The second-order valence-electron chi connectivity index (χ2n) is 5.22. The van der Waals surface area contributed by atoms with E-state index in [9.17, 15) is 0 Å². The molecule has 0 radical (unpaired) electrons. The quantitative estimate of drug-likeness (QED) is 0.792. The van der Waals surface area contributed by atoms with Gasteiger partial charge in [-0.05, 0) is 18.1 Å². The van der Waals surface area contributed by atoms with Crippen LogP contribution < -0.4 is 5.73 Å². The van der Waals surface area contributed by atoms with E-state index in [-0.39, 0.29) is 0 Å². The molecule has 3 aromatic rings. The van der Waals surface area contributed by atoms with Crippen molar-refractivity contribution in [3.05, 3.63) is 36.7 Å². The van der Waals surface area contributed by atoms with Gasteiger partial charge >= 0.3 is 0 Å². The average Bonchev–Trinajstić information content (AvgIpc) is 2.78. The second-order valence-corrected chi connectivity index (χ2v) is 5.22. The van der Waals surface area contributed by atoms with Gasteiger partial charge < -0.3 is 10.3 Å². The van der Waals surface area contributed by atoms with Crippen LogP contribution in [0.4, 0.5) is 5.82 Å². The summed E-state index contributed by atoms with van der Waals surface area (Å²) in [6.45, 7) is 5.23. The van der Waals surface area contributed by atoms with Gasteiger partial charge in [-0.2, -0.15) is 0 Å². The fraction of sp³-hybridized carbons (Fsp3) is 0.267. The van der Waals surface area contributed by atoms with Crippen LogP contribution in [-0.4, -0.2) is 19.5 Å². The smallest absolute Gasteiger partial charge is 0.163 e. The van der Waals surface area contributed by atoms with Gasteiger partial charge in [0.2, 0.25) is 0 Å². The summed E-state index contributed by atoms with van der Waals surface area (Å²) >= 11 is 0. The van der Waals surface area contributed by atoms with Gasteiger partial charge in [0.05, 0.1) is 11.0 Å². The Balaban J connectivity index is 2.26. The van der Waals surface area contributed by atoms with Crippen molar-refractivity contribution in [3.8, 4) is 11.5 Å². The van der Waals surface area contributed by atoms with Gasteiger partial charge in [0.1, 0.15) is 5.69 Å². The van der Waals surface area contributed by atoms with E-state index in [4.69, 9.17) is 5.73 Å². The number of anilines is 1. The van der Waals surface area contributed by atoms with Crippen molar-refractivity contribution in [2.24, 2.45) is 5.92 Å². The molecule has 0 fully saturated rings. The van der Waals surface area contributed by atoms with Crippen LogP contribution >= 0.6 is 0 Å². The SMILES string of the molecule is CC(C)Cn1c(-c2nccnc2N)nc2ccccc21. The fourth-order valence-electron chi connectivity index (χ4n) is 2.33. The predicted molar refractivity (Wildman–Crippen MR) is 80.0 cm³/mol. The van der Waals surface area contributed by atoms with Crippen molar-refractivity contribution >= 4 is 16.9 Å². The molecule has 2 heterocycles. The molecule has 1 aromatic carbocycles. The van der Waals surface area contributed by atoms with Crippen LogP contribution in [0.3, 0.4) is 0 Å². The van der Waals surface area contributed by atoms with Crippen molar-refractivity contribution in [3.63, 3.8) is 0 Å². The van der Waals surface area contributed by atoms with Crippen molar-refractivity contribution in [2.75, 3.05) is 5.73 Å². The third kappa shape index (κ3) is 2.11. The van der Waals surface area contributed by atoms with Crippen LogP contribution in [0.15, 0.2) is 36.7 Å². The normalized spacial score (nSPS) is 11.3. The first-order valence-electron chi connectivity index (χ1n) is 6.69. The number of hydrogen-bond acceptors (Lipinski definition) is 4. The summed E-state index contributed by atoms with van der Waals surface area (Å²) in [5.74, 6) is 1.70. The lowest BCUT2D eigenvalue weighted by Crippen LogP contribution is -2.08. The zero-order valence-electron chi connectivity index (χ0n) is 11.6. The van der Waals surface area contributed by atoms with E-state index in [1.54, 1.807) is 12.4 Å². The Morgan fingerprint density at radius 1 is 1.15 bits per heavy atom. The summed E-state index contributed by atoms with van der Waals surface area (Å²) in [5, 5.41) is 0. The molecule has 0 aliphatic carbocycles. The highest BCUT2D eigenvalue weighted by Crippen LogP contribution is 2.26. The molecule has 3 rings (SSSR count). The van der Waals surface area contributed by atoms with E-state index in [1.165, 1.54) is 0 Å². The van der Waals surface area contributed by atoms with Gasteiger partial charge in [-0.3, -0.25) is 0 Å². The van der Waals surface area contributed by atoms with Gasteiger partial charge in [0.25, 0.3) is 0 Å². The highest BCUT2D eigenvalue weighted by atomic mass is 15.1. The average molecular weight is 267 g/mol. The molecule has 0 aliphatic heterocycles. The number of hydrogen-bond donors (Lipinski definition) is 1. The maximum absolute atomic E-state index is 5.95. The monoisotopic (exact) mass is 267 g/mol. The van der Waals surface area contributed by atoms with Crippen molar-refractivity contribution in [1.29, 1.82) is 0 Å². The Hall–Kier alpha value is -2.43. The number of imidazole rings is 1. The summed E-state index contributed by atoms with van der Waals surface area (Å²) in [5.41, 5.74) is 8.64. The number of nitrogens with two attached hydrogens (primary N) is 1. The molecule has 0 atom stereocenters. The Kier molecular flexibility index (Phi) is 3.10. The first kappa shape index (κ1) is 12.6. The Morgan fingerprint density at radius 3 is 2.65 bits per heavy atom.